The largest absolute Gasteiger partial charge is 0.497 e. The number of ether oxygens (including phenoxy) is 2. The van der Waals surface area contributed by atoms with Gasteiger partial charge in [0, 0.05) is 6.04 Å². The molecule has 132 valence electrons. The number of carbonyl (C=O) groups is 2. The Hall–Kier alpha value is -2.82. The lowest BCUT2D eigenvalue weighted by molar-refractivity contribution is -0.123. The number of carbonyl (C=O) groups excluding carboxylic acids is 2. The lowest BCUT2D eigenvalue weighted by atomic mass is 10.1. The van der Waals surface area contributed by atoms with Gasteiger partial charge in [0.1, 0.15) is 11.5 Å². The third-order valence-electron chi connectivity index (χ3n) is 3.82. The van der Waals surface area contributed by atoms with Crippen molar-refractivity contribution < 1.29 is 19.1 Å². The number of hydrogen-bond donors (Lipinski definition) is 1. The van der Waals surface area contributed by atoms with E-state index in [4.69, 9.17) is 9.47 Å². The van der Waals surface area contributed by atoms with E-state index in [1.807, 2.05) is 25.1 Å². The number of nitrogens with one attached hydrogen (secondary N) is 1. The molecule has 0 heterocycles. The van der Waals surface area contributed by atoms with Gasteiger partial charge in [-0.3, -0.25) is 9.59 Å². The van der Waals surface area contributed by atoms with Crippen molar-refractivity contribution in [1.29, 1.82) is 0 Å². The molecule has 0 radical (unpaired) electrons. The first kappa shape index (κ1) is 18.5. The van der Waals surface area contributed by atoms with Crippen molar-refractivity contribution in [3.05, 3.63) is 59.7 Å². The van der Waals surface area contributed by atoms with E-state index in [1.54, 1.807) is 18.2 Å². The molecule has 5 nitrogen and oxygen atoms in total. The van der Waals surface area contributed by atoms with Crippen LogP contribution in [0.2, 0.25) is 0 Å². The normalized spacial score (nSPS) is 11.4. The van der Waals surface area contributed by atoms with Crippen LogP contribution in [0.25, 0.3) is 0 Å². The number of aryl methyl sites for hydroxylation is 1. The summed E-state index contributed by atoms with van der Waals surface area (Å²) in [5.41, 5.74) is 1.60. The molecule has 0 aliphatic heterocycles. The van der Waals surface area contributed by atoms with Crippen LogP contribution in [0.4, 0.5) is 0 Å². The van der Waals surface area contributed by atoms with Crippen molar-refractivity contribution in [2.45, 2.75) is 25.8 Å². The van der Waals surface area contributed by atoms with E-state index < -0.39 is 0 Å². The van der Waals surface area contributed by atoms with Crippen molar-refractivity contribution in [3.63, 3.8) is 0 Å². The molecule has 1 amide bonds. The number of benzene rings is 2. The van der Waals surface area contributed by atoms with Gasteiger partial charge in [0.2, 0.25) is 0 Å². The highest BCUT2D eigenvalue weighted by Crippen LogP contribution is 2.22. The minimum atomic E-state index is -0.215. The van der Waals surface area contributed by atoms with E-state index in [-0.39, 0.29) is 18.6 Å². The average molecular weight is 341 g/mol. The fraction of sp³-hybridized carbons (Fsp3) is 0.300. The number of hydrogen-bond acceptors (Lipinski definition) is 4. The standard InChI is InChI=1S/C20H23NO4/c1-15(8-9-16-6-4-3-5-7-16)21-20(23)14-25-19-11-10-18(24-2)12-17(19)13-22/h3-7,10-13,15H,8-9,14H2,1-2H3,(H,21,23)/t15-/m0/s1. The molecule has 0 bridgehead atoms. The van der Waals surface area contributed by atoms with Crippen LogP contribution in [0.3, 0.4) is 0 Å². The van der Waals surface area contributed by atoms with E-state index >= 15 is 0 Å². The van der Waals surface area contributed by atoms with Crippen molar-refractivity contribution in [2.24, 2.45) is 0 Å². The molecule has 0 aliphatic carbocycles. The van der Waals surface area contributed by atoms with Crippen LogP contribution in [0.5, 0.6) is 11.5 Å². The molecule has 0 spiro atoms. The highest BCUT2D eigenvalue weighted by molar-refractivity contribution is 5.81. The second-order valence-corrected chi connectivity index (χ2v) is 5.80. The molecular formula is C20H23NO4. The van der Waals surface area contributed by atoms with Gasteiger partial charge in [-0.2, -0.15) is 0 Å². The lowest BCUT2D eigenvalue weighted by Gasteiger charge is -2.15. The predicted octanol–water partition coefficient (Wildman–Crippen LogP) is 3.02. The predicted molar refractivity (Wildman–Crippen MR) is 96.2 cm³/mol. The zero-order valence-corrected chi connectivity index (χ0v) is 14.5. The maximum Gasteiger partial charge on any atom is 0.258 e. The minimum absolute atomic E-state index is 0.0396. The van der Waals surface area contributed by atoms with E-state index in [0.717, 1.165) is 12.8 Å². The van der Waals surface area contributed by atoms with Gasteiger partial charge in [0.05, 0.1) is 12.7 Å². The zero-order valence-electron chi connectivity index (χ0n) is 14.5. The van der Waals surface area contributed by atoms with Gasteiger partial charge in [-0.15, -0.1) is 0 Å². The van der Waals surface area contributed by atoms with Crippen molar-refractivity contribution in [2.75, 3.05) is 13.7 Å². The van der Waals surface area contributed by atoms with Gasteiger partial charge >= 0.3 is 0 Å². The summed E-state index contributed by atoms with van der Waals surface area (Å²) in [5, 5.41) is 2.90. The second kappa shape index (κ2) is 9.47. The summed E-state index contributed by atoms with van der Waals surface area (Å²) in [4.78, 5) is 23.1. The van der Waals surface area contributed by atoms with Gasteiger partial charge in [0.25, 0.3) is 5.91 Å². The highest BCUT2D eigenvalue weighted by Gasteiger charge is 2.11. The topological polar surface area (TPSA) is 64.6 Å². The summed E-state index contributed by atoms with van der Waals surface area (Å²) in [6.07, 6.45) is 2.42. The molecule has 2 aromatic rings. The van der Waals surface area contributed by atoms with Crippen LogP contribution >= 0.6 is 0 Å². The Morgan fingerprint density at radius 3 is 2.64 bits per heavy atom. The first-order valence-electron chi connectivity index (χ1n) is 8.21. The van der Waals surface area contributed by atoms with Crippen LogP contribution in [0.1, 0.15) is 29.3 Å². The van der Waals surface area contributed by atoms with E-state index in [1.165, 1.54) is 12.7 Å². The van der Waals surface area contributed by atoms with E-state index in [9.17, 15) is 9.59 Å². The van der Waals surface area contributed by atoms with Crippen LogP contribution in [0.15, 0.2) is 48.5 Å². The number of amides is 1. The SMILES string of the molecule is COc1ccc(OCC(=O)N[C@@H](C)CCc2ccccc2)c(C=O)c1. The average Bonchev–Trinajstić information content (AvgIpc) is 2.65. The van der Waals surface area contributed by atoms with Crippen molar-refractivity contribution in [1.82, 2.24) is 5.32 Å². The van der Waals surface area contributed by atoms with Gasteiger partial charge in [0.15, 0.2) is 12.9 Å². The maximum atomic E-state index is 12.0. The van der Waals surface area contributed by atoms with E-state index in [0.29, 0.717) is 23.3 Å². The molecule has 0 unspecified atom stereocenters. The molecule has 0 aliphatic rings. The Kier molecular flexibility index (Phi) is 7.01. The summed E-state index contributed by atoms with van der Waals surface area (Å²) >= 11 is 0. The van der Waals surface area contributed by atoms with Crippen molar-refractivity contribution >= 4 is 12.2 Å². The third kappa shape index (κ3) is 5.95. The van der Waals surface area contributed by atoms with Crippen molar-refractivity contribution in [3.8, 4) is 11.5 Å². The molecular weight excluding hydrogens is 318 g/mol. The molecule has 2 aromatic carbocycles. The van der Waals surface area contributed by atoms with Crippen LogP contribution in [0, 0.1) is 0 Å². The summed E-state index contributed by atoms with van der Waals surface area (Å²) in [6, 6.07) is 15.1. The molecule has 25 heavy (non-hydrogen) atoms. The van der Waals surface area contributed by atoms with Crippen LogP contribution in [-0.4, -0.2) is 32.0 Å². The monoisotopic (exact) mass is 341 g/mol. The summed E-state index contributed by atoms with van der Waals surface area (Å²) in [6.45, 7) is 1.83. The van der Waals surface area contributed by atoms with Crippen LogP contribution < -0.4 is 14.8 Å². The highest BCUT2D eigenvalue weighted by atomic mass is 16.5. The molecule has 0 fully saturated rings. The number of methoxy groups -OCH3 is 1. The molecule has 0 saturated heterocycles. The Bertz CT molecular complexity index is 700. The molecule has 2 rings (SSSR count). The molecule has 0 aromatic heterocycles. The van der Waals surface area contributed by atoms with E-state index in [2.05, 4.69) is 17.4 Å². The molecule has 0 saturated carbocycles. The Balaban J connectivity index is 1.79. The number of rotatable bonds is 9. The Morgan fingerprint density at radius 1 is 1.20 bits per heavy atom. The summed E-state index contributed by atoms with van der Waals surface area (Å²) < 4.78 is 10.5. The van der Waals surface area contributed by atoms with Gasteiger partial charge in [-0.05, 0) is 43.5 Å². The third-order valence-corrected chi connectivity index (χ3v) is 3.82. The minimum Gasteiger partial charge on any atom is -0.497 e. The van der Waals surface area contributed by atoms with Gasteiger partial charge < -0.3 is 14.8 Å². The molecule has 1 N–H and O–H groups in total. The van der Waals surface area contributed by atoms with Crippen LogP contribution in [-0.2, 0) is 11.2 Å². The fourth-order valence-electron chi connectivity index (χ4n) is 2.44. The Labute approximate surface area is 148 Å². The molecule has 1 atom stereocenters. The molecule has 5 heteroatoms. The fourth-order valence-corrected chi connectivity index (χ4v) is 2.44. The smallest absolute Gasteiger partial charge is 0.258 e. The second-order valence-electron chi connectivity index (χ2n) is 5.80. The first-order valence-corrected chi connectivity index (χ1v) is 8.21. The number of aldehydes is 1. The summed E-state index contributed by atoms with van der Waals surface area (Å²) in [5.74, 6) is 0.713. The zero-order chi connectivity index (χ0) is 18.1. The quantitative estimate of drug-likeness (QED) is 0.712. The first-order chi connectivity index (χ1) is 12.1. The maximum absolute atomic E-state index is 12.0. The van der Waals surface area contributed by atoms with Gasteiger partial charge in [-0.1, -0.05) is 30.3 Å². The van der Waals surface area contributed by atoms with Gasteiger partial charge in [-0.25, -0.2) is 0 Å². The lowest BCUT2D eigenvalue weighted by Crippen LogP contribution is -2.36. The summed E-state index contributed by atoms with van der Waals surface area (Å²) in [7, 11) is 1.52. The Morgan fingerprint density at radius 2 is 1.96 bits per heavy atom.